The summed E-state index contributed by atoms with van der Waals surface area (Å²) in [6.45, 7) is 1.28. The van der Waals surface area contributed by atoms with Gasteiger partial charge in [0.2, 0.25) is 0 Å². The molecule has 110 valence electrons. The number of halogens is 1. The molecule has 1 N–H and O–H groups in total. The Morgan fingerprint density at radius 2 is 2.14 bits per heavy atom. The van der Waals surface area contributed by atoms with Gasteiger partial charge in [-0.2, -0.15) is 0 Å². The van der Waals surface area contributed by atoms with Gasteiger partial charge in [0.15, 0.2) is 0 Å². The highest BCUT2D eigenvalue weighted by Gasteiger charge is 2.06. The van der Waals surface area contributed by atoms with Crippen molar-refractivity contribution in [1.82, 2.24) is 4.90 Å². The van der Waals surface area contributed by atoms with Gasteiger partial charge in [-0.05, 0) is 42.9 Å². The van der Waals surface area contributed by atoms with E-state index in [2.05, 4.69) is 11.8 Å². The van der Waals surface area contributed by atoms with E-state index < -0.39 is 0 Å². The second kappa shape index (κ2) is 7.63. The van der Waals surface area contributed by atoms with Gasteiger partial charge in [0.1, 0.15) is 11.6 Å². The second-order valence-corrected chi connectivity index (χ2v) is 4.88. The average molecular weight is 287 g/mol. The third kappa shape index (κ3) is 5.07. The summed E-state index contributed by atoms with van der Waals surface area (Å²) >= 11 is 0. The number of benzene rings is 1. The molecule has 0 amide bonds. The van der Waals surface area contributed by atoms with Gasteiger partial charge in [0.05, 0.1) is 19.4 Å². The fourth-order valence-corrected chi connectivity index (χ4v) is 2.07. The van der Waals surface area contributed by atoms with Gasteiger partial charge < -0.3 is 9.52 Å². The summed E-state index contributed by atoms with van der Waals surface area (Å²) in [5.74, 6) is 6.23. The molecule has 3 nitrogen and oxygen atoms in total. The minimum absolute atomic E-state index is 0.0149. The molecule has 0 unspecified atom stereocenters. The molecular weight excluding hydrogens is 269 g/mol. The molecule has 1 aromatic heterocycles. The van der Waals surface area contributed by atoms with E-state index in [4.69, 9.17) is 9.52 Å². The van der Waals surface area contributed by atoms with E-state index in [1.807, 2.05) is 30.1 Å². The smallest absolute Gasteiger partial charge is 0.124 e. The Morgan fingerprint density at radius 3 is 2.86 bits per heavy atom. The van der Waals surface area contributed by atoms with Crippen molar-refractivity contribution in [3.05, 3.63) is 59.3 Å². The lowest BCUT2D eigenvalue weighted by molar-refractivity contribution is 0.287. The zero-order valence-corrected chi connectivity index (χ0v) is 12.0. The van der Waals surface area contributed by atoms with Crippen molar-refractivity contribution in [3.8, 4) is 11.8 Å². The molecule has 0 radical (unpaired) electrons. The normalized spacial score (nSPS) is 10.5. The third-order valence-electron chi connectivity index (χ3n) is 2.89. The maximum atomic E-state index is 13.6. The molecule has 2 aromatic rings. The summed E-state index contributed by atoms with van der Waals surface area (Å²) in [5, 5.41) is 8.70. The highest BCUT2D eigenvalue weighted by molar-refractivity contribution is 5.37. The summed E-state index contributed by atoms with van der Waals surface area (Å²) in [5.41, 5.74) is 1.49. The van der Waals surface area contributed by atoms with Crippen molar-refractivity contribution < 1.29 is 13.9 Å². The first kappa shape index (κ1) is 15.3. The maximum Gasteiger partial charge on any atom is 0.124 e. The van der Waals surface area contributed by atoms with Crippen molar-refractivity contribution in [1.29, 1.82) is 0 Å². The molecule has 1 aromatic carbocycles. The van der Waals surface area contributed by atoms with Crippen LogP contribution in [0, 0.1) is 17.7 Å². The van der Waals surface area contributed by atoms with Gasteiger partial charge in [0, 0.05) is 18.5 Å². The molecule has 0 fully saturated rings. The zero-order chi connectivity index (χ0) is 15.1. The van der Waals surface area contributed by atoms with Gasteiger partial charge >= 0.3 is 0 Å². The summed E-state index contributed by atoms with van der Waals surface area (Å²) in [6, 6.07) is 8.54. The maximum absolute atomic E-state index is 13.6. The molecule has 0 aliphatic heterocycles. The van der Waals surface area contributed by atoms with Crippen LogP contribution < -0.4 is 0 Å². The summed E-state index contributed by atoms with van der Waals surface area (Å²) < 4.78 is 18.9. The largest absolute Gasteiger partial charge is 0.468 e. The third-order valence-corrected chi connectivity index (χ3v) is 2.89. The van der Waals surface area contributed by atoms with Crippen LogP contribution in [0.4, 0.5) is 4.39 Å². The van der Waals surface area contributed by atoms with Crippen LogP contribution in [0.1, 0.15) is 23.3 Å². The van der Waals surface area contributed by atoms with E-state index in [9.17, 15) is 4.39 Å². The number of furan rings is 1. The van der Waals surface area contributed by atoms with E-state index in [0.29, 0.717) is 25.1 Å². The Balaban J connectivity index is 2.04. The molecule has 2 rings (SSSR count). The molecule has 0 saturated carbocycles. The van der Waals surface area contributed by atoms with Crippen molar-refractivity contribution in [2.24, 2.45) is 0 Å². The van der Waals surface area contributed by atoms with Crippen LogP contribution in [-0.4, -0.2) is 23.7 Å². The number of aliphatic hydroxyl groups is 1. The van der Waals surface area contributed by atoms with Crippen molar-refractivity contribution >= 4 is 0 Å². The van der Waals surface area contributed by atoms with Crippen molar-refractivity contribution in [3.63, 3.8) is 0 Å². The van der Waals surface area contributed by atoms with Crippen LogP contribution in [0.5, 0.6) is 0 Å². The molecular formula is C17H18FNO2. The fraction of sp³-hybridized carbons (Fsp3) is 0.294. The van der Waals surface area contributed by atoms with Crippen LogP contribution >= 0.6 is 0 Å². The van der Waals surface area contributed by atoms with Gasteiger partial charge in [0.25, 0.3) is 0 Å². The standard InChI is InChI=1S/C17H18FNO2/c1-19(13-17-6-4-8-21-17)12-15-9-14(5-2-3-7-20)10-16(18)11-15/h4,6,8-11,20H,3,7,12-13H2,1H3. The molecule has 0 aliphatic rings. The second-order valence-electron chi connectivity index (χ2n) is 4.88. The van der Waals surface area contributed by atoms with Gasteiger partial charge in [-0.3, -0.25) is 4.90 Å². The van der Waals surface area contributed by atoms with Crippen LogP contribution in [0.25, 0.3) is 0 Å². The molecule has 21 heavy (non-hydrogen) atoms. The number of nitrogens with zero attached hydrogens (tertiary/aromatic N) is 1. The Morgan fingerprint density at radius 1 is 1.29 bits per heavy atom. The lowest BCUT2D eigenvalue weighted by Crippen LogP contribution is -2.17. The minimum atomic E-state index is -0.299. The van der Waals surface area contributed by atoms with E-state index >= 15 is 0 Å². The monoisotopic (exact) mass is 287 g/mol. The zero-order valence-electron chi connectivity index (χ0n) is 12.0. The lowest BCUT2D eigenvalue weighted by atomic mass is 10.1. The number of hydrogen-bond acceptors (Lipinski definition) is 3. The first-order chi connectivity index (χ1) is 10.2. The van der Waals surface area contributed by atoms with E-state index in [1.54, 1.807) is 6.26 Å². The number of rotatable bonds is 5. The van der Waals surface area contributed by atoms with E-state index in [0.717, 1.165) is 11.3 Å². The molecule has 4 heteroatoms. The van der Waals surface area contributed by atoms with Crippen molar-refractivity contribution in [2.75, 3.05) is 13.7 Å². The Labute approximate surface area is 124 Å². The summed E-state index contributed by atoms with van der Waals surface area (Å²) in [6.07, 6.45) is 2.03. The van der Waals surface area contributed by atoms with Gasteiger partial charge in [-0.1, -0.05) is 11.8 Å². The number of hydrogen-bond donors (Lipinski definition) is 1. The predicted molar refractivity (Wildman–Crippen MR) is 78.9 cm³/mol. The Bertz CT molecular complexity index is 626. The molecule has 1 heterocycles. The van der Waals surface area contributed by atoms with Crippen LogP contribution in [0.3, 0.4) is 0 Å². The van der Waals surface area contributed by atoms with E-state index in [-0.39, 0.29) is 12.4 Å². The van der Waals surface area contributed by atoms with E-state index in [1.165, 1.54) is 12.1 Å². The SMILES string of the molecule is CN(Cc1cc(F)cc(C#CCCO)c1)Cc1ccco1. The van der Waals surface area contributed by atoms with Crippen molar-refractivity contribution in [2.45, 2.75) is 19.5 Å². The molecule has 0 atom stereocenters. The highest BCUT2D eigenvalue weighted by atomic mass is 19.1. The topological polar surface area (TPSA) is 36.6 Å². The first-order valence-electron chi connectivity index (χ1n) is 6.77. The highest BCUT2D eigenvalue weighted by Crippen LogP contribution is 2.12. The fourth-order valence-electron chi connectivity index (χ4n) is 2.07. The molecule has 0 saturated heterocycles. The first-order valence-corrected chi connectivity index (χ1v) is 6.77. The van der Waals surface area contributed by atoms with Crippen LogP contribution in [-0.2, 0) is 13.1 Å². The Kier molecular flexibility index (Phi) is 5.56. The van der Waals surface area contributed by atoms with Gasteiger partial charge in [-0.15, -0.1) is 0 Å². The van der Waals surface area contributed by atoms with Crippen LogP contribution in [0.15, 0.2) is 41.0 Å². The molecule has 0 bridgehead atoms. The average Bonchev–Trinajstić information content (AvgIpc) is 2.91. The minimum Gasteiger partial charge on any atom is -0.468 e. The summed E-state index contributed by atoms with van der Waals surface area (Å²) in [7, 11) is 1.95. The molecule has 0 aliphatic carbocycles. The quantitative estimate of drug-likeness (QED) is 0.859. The predicted octanol–water partition coefficient (Wildman–Crippen LogP) is 2.78. The summed E-state index contributed by atoms with van der Waals surface area (Å²) in [4.78, 5) is 2.04. The van der Waals surface area contributed by atoms with Crippen LogP contribution in [0.2, 0.25) is 0 Å². The Hall–Kier alpha value is -2.09. The van der Waals surface area contributed by atoms with Gasteiger partial charge in [-0.25, -0.2) is 4.39 Å². The number of aliphatic hydroxyl groups excluding tert-OH is 1. The molecule has 0 spiro atoms. The lowest BCUT2D eigenvalue weighted by Gasteiger charge is -2.15.